The van der Waals surface area contributed by atoms with Crippen LogP contribution in [-0.2, 0) is 9.59 Å². The molecule has 4 rings (SSSR count). The number of nitrogens with zero attached hydrogens (tertiary/aromatic N) is 4. The summed E-state index contributed by atoms with van der Waals surface area (Å²) in [5, 5.41) is 6.21. The summed E-state index contributed by atoms with van der Waals surface area (Å²) in [5.41, 5.74) is 0. The van der Waals surface area contributed by atoms with Crippen LogP contribution in [0.2, 0.25) is 0 Å². The van der Waals surface area contributed by atoms with Gasteiger partial charge in [0, 0.05) is 51.8 Å². The molecule has 8 heteroatoms. The second-order valence-corrected chi connectivity index (χ2v) is 8.20. The molecule has 0 aliphatic carbocycles. The number of anilines is 2. The third-order valence-electron chi connectivity index (χ3n) is 6.34. The van der Waals surface area contributed by atoms with Gasteiger partial charge in [0.15, 0.2) is 0 Å². The zero-order valence-electron chi connectivity index (χ0n) is 16.7. The van der Waals surface area contributed by atoms with E-state index in [4.69, 9.17) is 0 Å². The molecule has 0 spiro atoms. The molecule has 0 saturated carbocycles. The predicted molar refractivity (Wildman–Crippen MR) is 107 cm³/mol. The SMILES string of the molecule is CCNc1ccnc(N2C[C@H]3C[C@@H](C2)[C@H](CNC(C)=O)N2C(=O)CCC[C@@H]32)n1. The molecule has 2 amide bonds. The minimum atomic E-state index is -0.0440. The summed E-state index contributed by atoms with van der Waals surface area (Å²) in [6.07, 6.45) is 5.54. The van der Waals surface area contributed by atoms with Gasteiger partial charge in [0.2, 0.25) is 17.8 Å². The molecule has 152 valence electrons. The molecule has 3 saturated heterocycles. The Morgan fingerprint density at radius 2 is 2.14 bits per heavy atom. The van der Waals surface area contributed by atoms with Crippen molar-refractivity contribution in [2.75, 3.05) is 36.4 Å². The lowest BCUT2D eigenvalue weighted by atomic mass is 9.72. The molecule has 3 aliphatic rings. The lowest BCUT2D eigenvalue weighted by Gasteiger charge is -2.56. The smallest absolute Gasteiger partial charge is 0.227 e. The van der Waals surface area contributed by atoms with Crippen molar-refractivity contribution in [2.45, 2.75) is 51.6 Å². The maximum absolute atomic E-state index is 12.7. The third kappa shape index (κ3) is 3.64. The number of hydrogen-bond donors (Lipinski definition) is 2. The van der Waals surface area contributed by atoms with E-state index in [1.54, 1.807) is 6.20 Å². The second-order valence-electron chi connectivity index (χ2n) is 8.20. The molecule has 0 aromatic carbocycles. The zero-order valence-corrected chi connectivity index (χ0v) is 16.7. The highest BCUT2D eigenvalue weighted by Gasteiger charge is 2.49. The first kappa shape index (κ1) is 19.0. The molecule has 2 N–H and O–H groups in total. The number of nitrogens with one attached hydrogen (secondary N) is 2. The first-order valence-electron chi connectivity index (χ1n) is 10.4. The van der Waals surface area contributed by atoms with Crippen LogP contribution in [0.1, 0.15) is 39.5 Å². The van der Waals surface area contributed by atoms with E-state index in [9.17, 15) is 9.59 Å². The van der Waals surface area contributed by atoms with Crippen LogP contribution in [-0.4, -0.2) is 64.9 Å². The highest BCUT2D eigenvalue weighted by Crippen LogP contribution is 2.42. The Kier molecular flexibility index (Phi) is 5.37. The van der Waals surface area contributed by atoms with E-state index in [1.165, 1.54) is 6.92 Å². The minimum Gasteiger partial charge on any atom is -0.370 e. The summed E-state index contributed by atoms with van der Waals surface area (Å²) < 4.78 is 0. The van der Waals surface area contributed by atoms with Gasteiger partial charge in [-0.15, -0.1) is 0 Å². The summed E-state index contributed by atoms with van der Waals surface area (Å²) in [6.45, 7) is 6.63. The fraction of sp³-hybridized carbons (Fsp3) is 0.700. The highest BCUT2D eigenvalue weighted by atomic mass is 16.2. The summed E-state index contributed by atoms with van der Waals surface area (Å²) in [5.74, 6) is 2.55. The Balaban J connectivity index is 1.59. The molecule has 8 nitrogen and oxygen atoms in total. The number of carbonyl (C=O) groups excluding carboxylic acids is 2. The van der Waals surface area contributed by atoms with Gasteiger partial charge in [0.05, 0.1) is 6.04 Å². The standard InChI is InChI=1S/C20H30N6O2/c1-3-21-18-7-8-22-20(24-18)25-11-14-9-15(12-25)17(10-23-13(2)27)26-16(14)5-4-6-19(26)28/h7-8,14-17H,3-6,9-12H2,1-2H3,(H,23,27)(H,21,22,24)/t14-,15+,16+,17+/m1/s1. The van der Waals surface area contributed by atoms with Crippen molar-refractivity contribution in [3.63, 3.8) is 0 Å². The summed E-state index contributed by atoms with van der Waals surface area (Å²) in [6, 6.07) is 2.20. The molecule has 28 heavy (non-hydrogen) atoms. The maximum Gasteiger partial charge on any atom is 0.227 e. The van der Waals surface area contributed by atoms with E-state index >= 15 is 0 Å². The number of amides is 2. The van der Waals surface area contributed by atoms with Crippen molar-refractivity contribution in [1.29, 1.82) is 0 Å². The van der Waals surface area contributed by atoms with Crippen LogP contribution in [0.3, 0.4) is 0 Å². The van der Waals surface area contributed by atoms with Crippen molar-refractivity contribution >= 4 is 23.6 Å². The number of piperidine rings is 3. The Hall–Kier alpha value is -2.38. The van der Waals surface area contributed by atoms with E-state index in [1.807, 2.05) is 13.0 Å². The fourth-order valence-electron chi connectivity index (χ4n) is 5.23. The van der Waals surface area contributed by atoms with Crippen molar-refractivity contribution < 1.29 is 9.59 Å². The largest absolute Gasteiger partial charge is 0.370 e. The Labute approximate surface area is 166 Å². The summed E-state index contributed by atoms with van der Waals surface area (Å²) in [4.78, 5) is 37.9. The molecule has 4 atom stereocenters. The van der Waals surface area contributed by atoms with E-state index in [-0.39, 0.29) is 23.9 Å². The molecule has 2 bridgehead atoms. The Morgan fingerprint density at radius 3 is 2.93 bits per heavy atom. The van der Waals surface area contributed by atoms with E-state index in [0.717, 1.165) is 50.7 Å². The van der Waals surface area contributed by atoms with E-state index in [0.29, 0.717) is 24.8 Å². The predicted octanol–water partition coefficient (Wildman–Crippen LogP) is 1.25. The topological polar surface area (TPSA) is 90.5 Å². The molecular formula is C20H30N6O2. The molecule has 0 unspecified atom stereocenters. The number of fused-ring (bicyclic) bond motifs is 4. The first-order valence-corrected chi connectivity index (χ1v) is 10.4. The van der Waals surface area contributed by atoms with E-state index in [2.05, 4.69) is 30.4 Å². The second kappa shape index (κ2) is 7.93. The number of hydrogen-bond acceptors (Lipinski definition) is 6. The van der Waals surface area contributed by atoms with Crippen molar-refractivity contribution in [2.24, 2.45) is 11.8 Å². The van der Waals surface area contributed by atoms with Gasteiger partial charge >= 0.3 is 0 Å². The molecule has 3 aliphatic heterocycles. The fourth-order valence-corrected chi connectivity index (χ4v) is 5.23. The van der Waals surface area contributed by atoms with Crippen LogP contribution >= 0.6 is 0 Å². The van der Waals surface area contributed by atoms with Crippen LogP contribution in [0, 0.1) is 11.8 Å². The van der Waals surface area contributed by atoms with E-state index < -0.39 is 0 Å². The van der Waals surface area contributed by atoms with Gasteiger partial charge in [-0.25, -0.2) is 4.98 Å². The first-order chi connectivity index (χ1) is 13.6. The van der Waals surface area contributed by atoms with Crippen molar-refractivity contribution in [1.82, 2.24) is 20.2 Å². The normalized spacial score (nSPS) is 29.3. The van der Waals surface area contributed by atoms with Crippen LogP contribution in [0.15, 0.2) is 12.3 Å². The molecule has 1 aromatic heterocycles. The van der Waals surface area contributed by atoms with Gasteiger partial charge in [-0.1, -0.05) is 0 Å². The highest BCUT2D eigenvalue weighted by molar-refractivity contribution is 5.78. The maximum atomic E-state index is 12.7. The van der Waals surface area contributed by atoms with Gasteiger partial charge in [0.25, 0.3) is 0 Å². The molecule has 0 radical (unpaired) electrons. The van der Waals surface area contributed by atoms with Crippen molar-refractivity contribution in [3.05, 3.63) is 12.3 Å². The molecule has 1 aromatic rings. The number of aromatic nitrogens is 2. The quantitative estimate of drug-likeness (QED) is 0.792. The van der Waals surface area contributed by atoms with Gasteiger partial charge in [0.1, 0.15) is 5.82 Å². The minimum absolute atomic E-state index is 0.0440. The lowest BCUT2D eigenvalue weighted by Crippen LogP contribution is -2.67. The molecule has 4 heterocycles. The molecular weight excluding hydrogens is 356 g/mol. The van der Waals surface area contributed by atoms with Crippen LogP contribution < -0.4 is 15.5 Å². The number of rotatable bonds is 5. The van der Waals surface area contributed by atoms with Crippen molar-refractivity contribution in [3.8, 4) is 0 Å². The molecule has 3 fully saturated rings. The Morgan fingerprint density at radius 1 is 1.32 bits per heavy atom. The van der Waals surface area contributed by atoms with Crippen LogP contribution in [0.4, 0.5) is 11.8 Å². The lowest BCUT2D eigenvalue weighted by molar-refractivity contribution is -0.149. The third-order valence-corrected chi connectivity index (χ3v) is 6.34. The average molecular weight is 387 g/mol. The average Bonchev–Trinajstić information content (AvgIpc) is 2.68. The van der Waals surface area contributed by atoms with Crippen LogP contribution in [0.5, 0.6) is 0 Å². The Bertz CT molecular complexity index is 741. The monoisotopic (exact) mass is 386 g/mol. The van der Waals surface area contributed by atoms with Gasteiger partial charge in [-0.05, 0) is 44.1 Å². The summed E-state index contributed by atoms with van der Waals surface area (Å²) >= 11 is 0. The summed E-state index contributed by atoms with van der Waals surface area (Å²) in [7, 11) is 0. The van der Waals surface area contributed by atoms with Gasteiger partial charge in [-0.2, -0.15) is 4.98 Å². The zero-order chi connectivity index (χ0) is 19.7. The number of carbonyl (C=O) groups is 2. The van der Waals surface area contributed by atoms with Crippen LogP contribution in [0.25, 0.3) is 0 Å². The van der Waals surface area contributed by atoms with Gasteiger partial charge in [-0.3, -0.25) is 9.59 Å². The van der Waals surface area contributed by atoms with Gasteiger partial charge < -0.3 is 20.4 Å².